The third-order valence-corrected chi connectivity index (χ3v) is 4.59. The maximum Gasteiger partial charge on any atom is 0.416 e. The quantitative estimate of drug-likeness (QED) is 0.709. The molecule has 148 valence electrons. The summed E-state index contributed by atoms with van der Waals surface area (Å²) in [6, 6.07) is 14.4. The zero-order valence-corrected chi connectivity index (χ0v) is 15.3. The van der Waals surface area contributed by atoms with Crippen molar-refractivity contribution in [3.8, 4) is 11.4 Å². The van der Waals surface area contributed by atoms with E-state index in [2.05, 4.69) is 15.4 Å². The van der Waals surface area contributed by atoms with E-state index in [1.165, 1.54) is 22.9 Å². The number of aromatic nitrogens is 3. The van der Waals surface area contributed by atoms with Crippen molar-refractivity contribution in [1.29, 1.82) is 0 Å². The molecule has 2 aromatic carbocycles. The van der Waals surface area contributed by atoms with Crippen LogP contribution in [0.3, 0.4) is 0 Å². The summed E-state index contributed by atoms with van der Waals surface area (Å²) in [5, 5.41) is 7.45. The number of hydrogen-bond donors (Lipinski definition) is 1. The van der Waals surface area contributed by atoms with Gasteiger partial charge in [0.1, 0.15) is 5.82 Å². The third kappa shape index (κ3) is 4.27. The van der Waals surface area contributed by atoms with Crippen molar-refractivity contribution in [3.63, 3.8) is 0 Å². The molecule has 3 aromatic rings. The van der Waals surface area contributed by atoms with Gasteiger partial charge < -0.3 is 5.32 Å². The first-order valence-corrected chi connectivity index (χ1v) is 9.02. The van der Waals surface area contributed by atoms with Crippen molar-refractivity contribution in [2.45, 2.75) is 19.1 Å². The number of fused-ring (bicyclic) bond motifs is 1. The van der Waals surface area contributed by atoms with Gasteiger partial charge in [0.15, 0.2) is 5.82 Å². The van der Waals surface area contributed by atoms with E-state index in [0.29, 0.717) is 31.2 Å². The van der Waals surface area contributed by atoms with Crippen LogP contribution in [-0.4, -0.2) is 27.2 Å². The first kappa shape index (κ1) is 19.1. The van der Waals surface area contributed by atoms with Crippen LogP contribution >= 0.6 is 0 Å². The molecule has 0 aliphatic carbocycles. The van der Waals surface area contributed by atoms with Crippen molar-refractivity contribution >= 4 is 5.91 Å². The number of halogens is 3. The molecule has 0 fully saturated rings. The van der Waals surface area contributed by atoms with Gasteiger partial charge in [-0.25, -0.2) is 4.98 Å². The van der Waals surface area contributed by atoms with Crippen molar-refractivity contribution in [2.75, 3.05) is 6.54 Å². The van der Waals surface area contributed by atoms with Gasteiger partial charge in [-0.15, -0.1) is 5.10 Å². The fourth-order valence-electron chi connectivity index (χ4n) is 3.13. The zero-order chi connectivity index (χ0) is 20.4. The van der Waals surface area contributed by atoms with E-state index >= 15 is 0 Å². The zero-order valence-electron chi connectivity index (χ0n) is 15.3. The number of carbonyl (C=O) groups is 1. The van der Waals surface area contributed by atoms with Gasteiger partial charge in [0.05, 0.1) is 5.56 Å². The summed E-state index contributed by atoms with van der Waals surface area (Å²) in [6.07, 6.45) is -2.34. The summed E-state index contributed by atoms with van der Waals surface area (Å²) in [4.78, 5) is 16.8. The van der Waals surface area contributed by atoms with Crippen LogP contribution in [0.15, 0.2) is 66.2 Å². The minimum absolute atomic E-state index is 0.257. The molecule has 1 aromatic heterocycles. The van der Waals surface area contributed by atoms with Gasteiger partial charge in [0.25, 0.3) is 5.91 Å². The van der Waals surface area contributed by atoms with Gasteiger partial charge >= 0.3 is 6.18 Å². The molecule has 5 nitrogen and oxygen atoms in total. The van der Waals surface area contributed by atoms with E-state index in [1.54, 1.807) is 0 Å². The van der Waals surface area contributed by atoms with Crippen LogP contribution in [0.2, 0.25) is 0 Å². The normalized spacial score (nSPS) is 13.9. The molecule has 0 unspecified atom stereocenters. The van der Waals surface area contributed by atoms with Crippen LogP contribution < -0.4 is 5.32 Å². The van der Waals surface area contributed by atoms with Crippen LogP contribution in [0.25, 0.3) is 11.4 Å². The lowest BCUT2D eigenvalue weighted by atomic mass is 10.1. The maximum atomic E-state index is 12.6. The summed E-state index contributed by atoms with van der Waals surface area (Å²) in [5.74, 6) is 0.816. The van der Waals surface area contributed by atoms with E-state index in [4.69, 9.17) is 0 Å². The average Bonchev–Trinajstić information content (AvgIpc) is 3.13. The third-order valence-electron chi connectivity index (χ3n) is 4.59. The van der Waals surface area contributed by atoms with E-state index in [-0.39, 0.29) is 5.91 Å². The largest absolute Gasteiger partial charge is 0.416 e. The molecule has 1 N–H and O–H groups in total. The Labute approximate surface area is 164 Å². The Morgan fingerprint density at radius 3 is 2.41 bits per heavy atom. The van der Waals surface area contributed by atoms with Crippen LogP contribution in [0.1, 0.15) is 21.7 Å². The monoisotopic (exact) mass is 398 g/mol. The fourth-order valence-corrected chi connectivity index (χ4v) is 3.13. The summed E-state index contributed by atoms with van der Waals surface area (Å²) in [7, 11) is 0. The lowest BCUT2D eigenvalue weighted by Crippen LogP contribution is -2.25. The number of nitrogens with zero attached hydrogens (tertiary/aromatic N) is 3. The van der Waals surface area contributed by atoms with E-state index in [9.17, 15) is 18.0 Å². The highest BCUT2D eigenvalue weighted by Crippen LogP contribution is 2.29. The number of benzene rings is 2. The van der Waals surface area contributed by atoms with E-state index in [0.717, 1.165) is 28.8 Å². The maximum absolute atomic E-state index is 12.6. The minimum atomic E-state index is -4.34. The first-order chi connectivity index (χ1) is 13.9. The Bertz CT molecular complexity index is 1050. The minimum Gasteiger partial charge on any atom is -0.309 e. The summed E-state index contributed by atoms with van der Waals surface area (Å²) >= 11 is 0. The first-order valence-electron chi connectivity index (χ1n) is 9.02. The Balaban J connectivity index is 1.38. The highest BCUT2D eigenvalue weighted by atomic mass is 19.4. The number of alkyl halides is 3. The number of allylic oxidation sites excluding steroid dienone is 1. The molecular weight excluding hydrogens is 381 g/mol. The van der Waals surface area contributed by atoms with Gasteiger partial charge in [0.2, 0.25) is 0 Å². The summed E-state index contributed by atoms with van der Waals surface area (Å²) in [5.41, 5.74) is 1.75. The van der Waals surface area contributed by atoms with Gasteiger partial charge in [0, 0.05) is 31.1 Å². The van der Waals surface area contributed by atoms with Crippen LogP contribution in [0.5, 0.6) is 0 Å². The molecule has 8 heteroatoms. The molecule has 0 atom stereocenters. The standard InChI is InChI=1S/C21H17F3N4O/c22-21(23,24)17-8-6-14(7-9-17)12-25-13-15-10-18-26-20(16-4-2-1-3-5-16)27-28(18)19(29)11-15/h1-9,11,25H,10,12-13H2. The van der Waals surface area contributed by atoms with Crippen molar-refractivity contribution in [2.24, 2.45) is 0 Å². The topological polar surface area (TPSA) is 59.8 Å². The predicted molar refractivity (Wildman–Crippen MR) is 101 cm³/mol. The van der Waals surface area contributed by atoms with Gasteiger partial charge in [-0.1, -0.05) is 42.5 Å². The Kier molecular flexibility index (Phi) is 5.02. The van der Waals surface area contributed by atoms with Crippen molar-refractivity contribution in [1.82, 2.24) is 20.1 Å². The number of rotatable bonds is 5. The molecule has 29 heavy (non-hydrogen) atoms. The summed E-state index contributed by atoms with van der Waals surface area (Å²) < 4.78 is 39.2. The van der Waals surface area contributed by atoms with E-state index in [1.807, 2.05) is 30.3 Å². The second-order valence-corrected chi connectivity index (χ2v) is 6.75. The van der Waals surface area contributed by atoms with Gasteiger partial charge in [-0.2, -0.15) is 17.9 Å². The second-order valence-electron chi connectivity index (χ2n) is 6.75. The predicted octanol–water partition coefficient (Wildman–Crippen LogP) is 3.88. The van der Waals surface area contributed by atoms with E-state index < -0.39 is 11.7 Å². The lowest BCUT2D eigenvalue weighted by molar-refractivity contribution is -0.137. The molecule has 0 spiro atoms. The van der Waals surface area contributed by atoms with Crippen LogP contribution in [0.4, 0.5) is 13.2 Å². The molecule has 1 aliphatic rings. The fraction of sp³-hybridized carbons (Fsp3) is 0.190. The van der Waals surface area contributed by atoms with Gasteiger partial charge in [-0.3, -0.25) is 4.79 Å². The molecule has 0 saturated carbocycles. The highest BCUT2D eigenvalue weighted by Gasteiger charge is 2.29. The number of nitrogens with one attached hydrogen (secondary N) is 1. The molecule has 0 amide bonds. The van der Waals surface area contributed by atoms with Crippen LogP contribution in [0, 0.1) is 0 Å². The molecular formula is C21H17F3N4O. The van der Waals surface area contributed by atoms with Crippen LogP contribution in [-0.2, 0) is 19.1 Å². The Morgan fingerprint density at radius 1 is 1.00 bits per heavy atom. The lowest BCUT2D eigenvalue weighted by Gasteiger charge is -2.14. The molecule has 0 bridgehead atoms. The van der Waals surface area contributed by atoms with Crippen molar-refractivity contribution in [3.05, 3.63) is 83.2 Å². The van der Waals surface area contributed by atoms with Gasteiger partial charge in [-0.05, 0) is 23.3 Å². The molecule has 1 aliphatic heterocycles. The highest BCUT2D eigenvalue weighted by molar-refractivity contribution is 5.91. The molecule has 0 saturated heterocycles. The Morgan fingerprint density at radius 2 is 1.72 bits per heavy atom. The second kappa shape index (κ2) is 7.63. The Hall–Kier alpha value is -3.26. The van der Waals surface area contributed by atoms with Crippen molar-refractivity contribution < 1.29 is 18.0 Å². The smallest absolute Gasteiger partial charge is 0.309 e. The SMILES string of the molecule is O=C1C=C(CNCc2ccc(C(F)(F)F)cc2)Cc2nc(-c3ccccc3)nn21. The number of hydrogen-bond acceptors (Lipinski definition) is 4. The molecule has 2 heterocycles. The average molecular weight is 398 g/mol. The number of carbonyl (C=O) groups excluding carboxylic acids is 1. The molecule has 4 rings (SSSR count). The molecule has 0 radical (unpaired) electrons. The summed E-state index contributed by atoms with van der Waals surface area (Å²) in [6.45, 7) is 0.825.